The molecule has 0 radical (unpaired) electrons. The first-order valence-electron chi connectivity index (χ1n) is 5.21. The van der Waals surface area contributed by atoms with Gasteiger partial charge in [0.15, 0.2) is 0 Å². The van der Waals surface area contributed by atoms with Gasteiger partial charge in [0.25, 0.3) is 0 Å². The van der Waals surface area contributed by atoms with E-state index in [1.54, 1.807) is 12.1 Å². The molecule has 3 nitrogen and oxygen atoms in total. The molecule has 0 bridgehead atoms. The maximum absolute atomic E-state index is 13.4. The highest BCUT2D eigenvalue weighted by Gasteiger charge is 2.13. The Balaban J connectivity index is 2.16. The Hall–Kier alpha value is -1.53. The van der Waals surface area contributed by atoms with Gasteiger partial charge in [0.2, 0.25) is 0 Å². The molecule has 2 rings (SSSR count). The van der Waals surface area contributed by atoms with Crippen LogP contribution in [-0.4, -0.2) is 4.21 Å². The van der Waals surface area contributed by atoms with Crippen LogP contribution < -0.4 is 5.73 Å². The normalized spacial score (nSPS) is 12.6. The summed E-state index contributed by atoms with van der Waals surface area (Å²) in [4.78, 5) is -0.0397. The fraction of sp³-hybridized carbons (Fsp3) is 0.167. The van der Waals surface area contributed by atoms with Crippen molar-refractivity contribution in [2.45, 2.75) is 17.2 Å². The van der Waals surface area contributed by atoms with E-state index in [1.165, 1.54) is 6.07 Å². The molecule has 0 spiro atoms. The van der Waals surface area contributed by atoms with E-state index in [4.69, 9.17) is 10.2 Å². The number of nitrogens with two attached hydrogens (primary N) is 1. The van der Waals surface area contributed by atoms with Gasteiger partial charge in [0, 0.05) is 6.07 Å². The van der Waals surface area contributed by atoms with Crippen molar-refractivity contribution >= 4 is 10.8 Å². The molecule has 6 heteroatoms. The molecule has 0 aliphatic heterocycles. The van der Waals surface area contributed by atoms with Gasteiger partial charge in [0.1, 0.15) is 23.2 Å². The van der Waals surface area contributed by atoms with Crippen LogP contribution in [0.1, 0.15) is 11.5 Å². The lowest BCUT2D eigenvalue weighted by atomic mass is 10.3. The highest BCUT2D eigenvalue weighted by atomic mass is 32.2. The van der Waals surface area contributed by atoms with Gasteiger partial charge in [-0.25, -0.2) is 8.78 Å². The van der Waals surface area contributed by atoms with Crippen LogP contribution in [0.15, 0.2) is 39.6 Å². The van der Waals surface area contributed by atoms with Crippen molar-refractivity contribution in [3.8, 4) is 0 Å². The first-order valence-corrected chi connectivity index (χ1v) is 6.53. The zero-order valence-electron chi connectivity index (χ0n) is 9.36. The van der Waals surface area contributed by atoms with Gasteiger partial charge in [0.05, 0.1) is 28.0 Å². The summed E-state index contributed by atoms with van der Waals surface area (Å²) >= 11 is 0. The Labute approximate surface area is 105 Å². The molecular weight excluding hydrogens is 260 g/mol. The quantitative estimate of drug-likeness (QED) is 0.928. The minimum atomic E-state index is -1.62. The Morgan fingerprint density at radius 1 is 1.17 bits per heavy atom. The molecule has 1 atom stereocenters. The third-order valence-electron chi connectivity index (χ3n) is 2.33. The number of hydrogen-bond acceptors (Lipinski definition) is 3. The fourth-order valence-corrected chi connectivity index (χ4v) is 2.54. The standard InChI is InChI=1S/C12H11F2NO2S/c13-8-1-4-12(11(14)5-8)18(16)7-10-3-2-9(6-15)17-10/h1-5H,6-7,15H2. The highest BCUT2D eigenvalue weighted by molar-refractivity contribution is 7.84. The van der Waals surface area contributed by atoms with Crippen molar-refractivity contribution < 1.29 is 17.4 Å². The van der Waals surface area contributed by atoms with Gasteiger partial charge >= 0.3 is 0 Å². The predicted molar refractivity (Wildman–Crippen MR) is 63.1 cm³/mol. The highest BCUT2D eigenvalue weighted by Crippen LogP contribution is 2.18. The van der Waals surface area contributed by atoms with Crippen LogP contribution in [0.4, 0.5) is 8.78 Å². The van der Waals surface area contributed by atoms with Gasteiger partial charge < -0.3 is 10.2 Å². The Bertz CT molecular complexity index is 583. The molecule has 96 valence electrons. The van der Waals surface area contributed by atoms with Crippen LogP contribution in [0.25, 0.3) is 0 Å². The van der Waals surface area contributed by atoms with Crippen molar-refractivity contribution in [3.05, 3.63) is 53.5 Å². The number of hydrogen-bond donors (Lipinski definition) is 1. The van der Waals surface area contributed by atoms with E-state index in [9.17, 15) is 13.0 Å². The summed E-state index contributed by atoms with van der Waals surface area (Å²) in [7, 11) is -1.62. The van der Waals surface area contributed by atoms with E-state index in [2.05, 4.69) is 0 Å². The number of benzene rings is 1. The van der Waals surface area contributed by atoms with E-state index in [1.807, 2.05) is 0 Å². The first-order chi connectivity index (χ1) is 8.60. The summed E-state index contributed by atoms with van der Waals surface area (Å²) in [6.07, 6.45) is 0. The number of furan rings is 1. The van der Waals surface area contributed by atoms with Gasteiger partial charge in [-0.15, -0.1) is 0 Å². The van der Waals surface area contributed by atoms with E-state index in [0.29, 0.717) is 17.6 Å². The zero-order valence-corrected chi connectivity index (χ0v) is 10.2. The van der Waals surface area contributed by atoms with E-state index >= 15 is 0 Å². The average Bonchev–Trinajstić information content (AvgIpc) is 2.76. The second-order valence-corrected chi connectivity index (χ2v) is 5.06. The van der Waals surface area contributed by atoms with Crippen LogP contribution >= 0.6 is 0 Å². The zero-order chi connectivity index (χ0) is 13.1. The monoisotopic (exact) mass is 271 g/mol. The molecule has 1 unspecified atom stereocenters. The van der Waals surface area contributed by atoms with Crippen LogP contribution in [0.5, 0.6) is 0 Å². The molecule has 0 aliphatic carbocycles. The summed E-state index contributed by atoms with van der Waals surface area (Å²) in [5.41, 5.74) is 5.37. The van der Waals surface area contributed by atoms with Gasteiger partial charge in [-0.1, -0.05) is 0 Å². The van der Waals surface area contributed by atoms with Crippen LogP contribution in [-0.2, 0) is 23.1 Å². The molecule has 0 saturated heterocycles. The minimum Gasteiger partial charge on any atom is -0.464 e. The summed E-state index contributed by atoms with van der Waals surface area (Å²) in [5, 5.41) is 0. The van der Waals surface area contributed by atoms with Crippen molar-refractivity contribution in [1.82, 2.24) is 0 Å². The largest absolute Gasteiger partial charge is 0.464 e. The van der Waals surface area contributed by atoms with Gasteiger partial charge in [-0.05, 0) is 24.3 Å². The minimum absolute atomic E-state index is 0.0303. The summed E-state index contributed by atoms with van der Waals surface area (Å²) < 4.78 is 43.3. The maximum Gasteiger partial charge on any atom is 0.142 e. The fourth-order valence-electron chi connectivity index (χ4n) is 1.48. The average molecular weight is 271 g/mol. The van der Waals surface area contributed by atoms with Crippen molar-refractivity contribution in [3.63, 3.8) is 0 Å². The van der Waals surface area contributed by atoms with Crippen molar-refractivity contribution in [2.24, 2.45) is 5.73 Å². The van der Waals surface area contributed by atoms with Crippen LogP contribution in [0, 0.1) is 11.6 Å². The third-order valence-corrected chi connectivity index (χ3v) is 3.70. The summed E-state index contributed by atoms with van der Waals surface area (Å²) in [5.74, 6) is -0.461. The Morgan fingerprint density at radius 3 is 2.50 bits per heavy atom. The van der Waals surface area contributed by atoms with Crippen molar-refractivity contribution in [1.29, 1.82) is 0 Å². The molecule has 2 N–H and O–H groups in total. The lowest BCUT2D eigenvalue weighted by molar-refractivity contribution is 0.480. The molecule has 0 fully saturated rings. The Kier molecular flexibility index (Phi) is 3.88. The van der Waals surface area contributed by atoms with E-state index < -0.39 is 22.4 Å². The van der Waals surface area contributed by atoms with Crippen LogP contribution in [0.3, 0.4) is 0 Å². The third kappa shape index (κ3) is 2.83. The second-order valence-electron chi connectivity index (χ2n) is 3.64. The molecule has 2 aromatic rings. The lowest BCUT2D eigenvalue weighted by Gasteiger charge is -2.02. The molecular formula is C12H11F2NO2S. The molecule has 0 saturated carbocycles. The Morgan fingerprint density at radius 2 is 1.89 bits per heavy atom. The number of rotatable bonds is 4. The molecule has 1 aromatic heterocycles. The summed E-state index contributed by atoms with van der Waals surface area (Å²) in [6, 6.07) is 6.27. The second kappa shape index (κ2) is 5.41. The molecule has 1 heterocycles. The number of halogens is 2. The first kappa shape index (κ1) is 12.9. The van der Waals surface area contributed by atoms with Crippen molar-refractivity contribution in [2.75, 3.05) is 0 Å². The molecule has 18 heavy (non-hydrogen) atoms. The smallest absolute Gasteiger partial charge is 0.142 e. The van der Waals surface area contributed by atoms with Gasteiger partial charge in [-0.2, -0.15) is 0 Å². The topological polar surface area (TPSA) is 56.2 Å². The maximum atomic E-state index is 13.4. The van der Waals surface area contributed by atoms with Gasteiger partial charge in [-0.3, -0.25) is 4.21 Å². The molecule has 0 aliphatic rings. The van der Waals surface area contributed by atoms with E-state index in [0.717, 1.165) is 6.07 Å². The molecule has 0 amide bonds. The SMILES string of the molecule is NCc1ccc(CS(=O)c2ccc(F)cc2F)o1. The lowest BCUT2D eigenvalue weighted by Crippen LogP contribution is -1.99. The van der Waals surface area contributed by atoms with E-state index in [-0.39, 0.29) is 17.2 Å². The predicted octanol–water partition coefficient (Wildman–Crippen LogP) is 2.32. The van der Waals surface area contributed by atoms with Crippen LogP contribution in [0.2, 0.25) is 0 Å². The molecule has 1 aromatic carbocycles. The summed E-state index contributed by atoms with van der Waals surface area (Å²) in [6.45, 7) is 0.248.